The van der Waals surface area contributed by atoms with Crippen LogP contribution in [0.5, 0.6) is 0 Å². The molecule has 142 valence electrons. The van der Waals surface area contributed by atoms with E-state index in [0.717, 1.165) is 37.7 Å². The molecule has 0 radical (unpaired) electrons. The van der Waals surface area contributed by atoms with Gasteiger partial charge in [-0.05, 0) is 30.5 Å². The van der Waals surface area contributed by atoms with Gasteiger partial charge < -0.3 is 20.3 Å². The van der Waals surface area contributed by atoms with Crippen LogP contribution in [0.4, 0.5) is 10.1 Å². The normalized spacial score (nSPS) is 15.1. The molecule has 0 saturated carbocycles. The van der Waals surface area contributed by atoms with E-state index >= 15 is 0 Å². The SMILES string of the molecule is CCNC(=NCc1ccc(N2CCOCC2)c(F)c1)NCC(C)C.I. The second kappa shape index (κ2) is 11.5. The van der Waals surface area contributed by atoms with Crippen LogP contribution in [0.2, 0.25) is 0 Å². The number of rotatable bonds is 6. The van der Waals surface area contributed by atoms with Crippen LogP contribution in [0, 0.1) is 11.7 Å². The Kier molecular flexibility index (Phi) is 10.1. The zero-order chi connectivity index (χ0) is 17.4. The zero-order valence-electron chi connectivity index (χ0n) is 15.3. The summed E-state index contributed by atoms with van der Waals surface area (Å²) in [6.45, 7) is 11.2. The highest BCUT2D eigenvalue weighted by molar-refractivity contribution is 14.0. The molecule has 1 aliphatic heterocycles. The number of guanidine groups is 1. The van der Waals surface area contributed by atoms with Crippen LogP contribution in [-0.2, 0) is 11.3 Å². The van der Waals surface area contributed by atoms with Crippen molar-refractivity contribution in [2.24, 2.45) is 10.9 Å². The molecule has 1 heterocycles. The van der Waals surface area contributed by atoms with Crippen molar-refractivity contribution in [3.8, 4) is 0 Å². The molecule has 0 amide bonds. The first-order valence-corrected chi connectivity index (χ1v) is 8.73. The first kappa shape index (κ1) is 22.0. The third-order valence-corrected chi connectivity index (χ3v) is 3.81. The van der Waals surface area contributed by atoms with Gasteiger partial charge in [0.05, 0.1) is 25.4 Å². The lowest BCUT2D eigenvalue weighted by Gasteiger charge is -2.29. The summed E-state index contributed by atoms with van der Waals surface area (Å²) < 4.78 is 19.7. The Morgan fingerprint density at radius 2 is 2.00 bits per heavy atom. The molecule has 0 bridgehead atoms. The van der Waals surface area contributed by atoms with Gasteiger partial charge in [0.2, 0.25) is 0 Å². The Hall–Kier alpha value is -1.09. The maximum absolute atomic E-state index is 14.4. The third kappa shape index (κ3) is 7.35. The summed E-state index contributed by atoms with van der Waals surface area (Å²) in [4.78, 5) is 6.56. The number of hydrogen-bond acceptors (Lipinski definition) is 3. The number of ether oxygens (including phenoxy) is 1. The van der Waals surface area contributed by atoms with Crippen molar-refractivity contribution >= 4 is 35.6 Å². The van der Waals surface area contributed by atoms with Crippen molar-refractivity contribution in [3.63, 3.8) is 0 Å². The number of anilines is 1. The lowest BCUT2D eigenvalue weighted by atomic mass is 10.1. The number of hydrogen-bond donors (Lipinski definition) is 2. The monoisotopic (exact) mass is 464 g/mol. The minimum atomic E-state index is -0.190. The highest BCUT2D eigenvalue weighted by Gasteiger charge is 2.15. The van der Waals surface area contributed by atoms with E-state index in [1.807, 2.05) is 24.0 Å². The molecule has 0 aromatic heterocycles. The standard InChI is InChI=1S/C18H29FN4O.HI/c1-4-20-18(21-12-14(2)3)22-13-15-5-6-17(16(19)11-15)23-7-9-24-10-8-23;/h5-6,11,14H,4,7-10,12-13H2,1-3H3,(H2,20,21,22);1H. The molecule has 5 nitrogen and oxygen atoms in total. The molecule has 0 atom stereocenters. The van der Waals surface area contributed by atoms with E-state index in [9.17, 15) is 4.39 Å². The summed E-state index contributed by atoms with van der Waals surface area (Å²) in [6, 6.07) is 5.38. The van der Waals surface area contributed by atoms with Crippen LogP contribution in [0.1, 0.15) is 26.3 Å². The molecule has 0 unspecified atom stereocenters. The van der Waals surface area contributed by atoms with Gasteiger partial charge in [-0.2, -0.15) is 0 Å². The molecule has 1 saturated heterocycles. The van der Waals surface area contributed by atoms with Gasteiger partial charge in [-0.25, -0.2) is 9.38 Å². The van der Waals surface area contributed by atoms with E-state index in [2.05, 4.69) is 29.5 Å². The largest absolute Gasteiger partial charge is 0.378 e. The molecule has 1 aliphatic rings. The van der Waals surface area contributed by atoms with Gasteiger partial charge in [-0.1, -0.05) is 19.9 Å². The molecule has 25 heavy (non-hydrogen) atoms. The van der Waals surface area contributed by atoms with Gasteiger partial charge in [0.1, 0.15) is 5.82 Å². The average molecular weight is 464 g/mol. The predicted molar refractivity (Wildman–Crippen MR) is 113 cm³/mol. The van der Waals surface area contributed by atoms with Crippen LogP contribution in [0.25, 0.3) is 0 Å². The third-order valence-electron chi connectivity index (χ3n) is 3.81. The highest BCUT2D eigenvalue weighted by atomic mass is 127. The average Bonchev–Trinajstić information content (AvgIpc) is 2.58. The molecular weight excluding hydrogens is 434 g/mol. The van der Waals surface area contributed by atoms with E-state index in [1.165, 1.54) is 0 Å². The second-order valence-electron chi connectivity index (χ2n) is 6.36. The minimum Gasteiger partial charge on any atom is -0.378 e. The molecular formula is C18H30FIN4O. The van der Waals surface area contributed by atoms with Crippen molar-refractivity contribution in [2.75, 3.05) is 44.3 Å². The van der Waals surface area contributed by atoms with Gasteiger partial charge in [0.15, 0.2) is 5.96 Å². The molecule has 7 heteroatoms. The van der Waals surface area contributed by atoms with E-state index in [-0.39, 0.29) is 29.8 Å². The topological polar surface area (TPSA) is 48.9 Å². The Morgan fingerprint density at radius 1 is 1.28 bits per heavy atom. The summed E-state index contributed by atoms with van der Waals surface area (Å²) in [5, 5.41) is 6.50. The Bertz CT molecular complexity index is 548. The van der Waals surface area contributed by atoms with Crippen molar-refractivity contribution in [2.45, 2.75) is 27.3 Å². The maximum atomic E-state index is 14.4. The van der Waals surface area contributed by atoms with Crippen LogP contribution in [-0.4, -0.2) is 45.4 Å². The second-order valence-corrected chi connectivity index (χ2v) is 6.36. The predicted octanol–water partition coefficient (Wildman–Crippen LogP) is 2.99. The lowest BCUT2D eigenvalue weighted by Crippen LogP contribution is -2.39. The molecule has 0 aliphatic carbocycles. The van der Waals surface area contributed by atoms with Crippen molar-refractivity contribution in [1.29, 1.82) is 0 Å². The lowest BCUT2D eigenvalue weighted by molar-refractivity contribution is 0.122. The number of benzene rings is 1. The van der Waals surface area contributed by atoms with Crippen molar-refractivity contribution in [3.05, 3.63) is 29.6 Å². The van der Waals surface area contributed by atoms with Gasteiger partial charge >= 0.3 is 0 Å². The first-order chi connectivity index (χ1) is 11.6. The molecule has 1 fully saturated rings. The van der Waals surface area contributed by atoms with E-state index in [4.69, 9.17) is 4.74 Å². The maximum Gasteiger partial charge on any atom is 0.191 e. The number of nitrogens with one attached hydrogen (secondary N) is 2. The molecule has 2 rings (SSSR count). The van der Waals surface area contributed by atoms with Gasteiger partial charge in [0, 0.05) is 26.2 Å². The fourth-order valence-corrected chi connectivity index (χ4v) is 2.52. The number of morpholine rings is 1. The fraction of sp³-hybridized carbons (Fsp3) is 0.611. The number of aliphatic imine (C=N–C) groups is 1. The highest BCUT2D eigenvalue weighted by Crippen LogP contribution is 2.21. The van der Waals surface area contributed by atoms with Gasteiger partial charge in [0.25, 0.3) is 0 Å². The smallest absolute Gasteiger partial charge is 0.191 e. The summed E-state index contributed by atoms with van der Waals surface area (Å²) in [5.74, 6) is 1.12. The van der Waals surface area contributed by atoms with E-state index in [1.54, 1.807) is 6.07 Å². The summed E-state index contributed by atoms with van der Waals surface area (Å²) in [7, 11) is 0. The zero-order valence-corrected chi connectivity index (χ0v) is 17.7. The van der Waals surface area contributed by atoms with Gasteiger partial charge in [-0.3, -0.25) is 0 Å². The molecule has 0 spiro atoms. The fourth-order valence-electron chi connectivity index (χ4n) is 2.52. The van der Waals surface area contributed by atoms with Crippen molar-refractivity contribution < 1.29 is 9.13 Å². The molecule has 1 aromatic carbocycles. The van der Waals surface area contributed by atoms with E-state index < -0.39 is 0 Å². The summed E-state index contributed by atoms with van der Waals surface area (Å²) in [6.07, 6.45) is 0. The van der Waals surface area contributed by atoms with Crippen molar-refractivity contribution in [1.82, 2.24) is 10.6 Å². The summed E-state index contributed by atoms with van der Waals surface area (Å²) >= 11 is 0. The van der Waals surface area contributed by atoms with Crippen LogP contribution in [0.3, 0.4) is 0 Å². The van der Waals surface area contributed by atoms with E-state index in [0.29, 0.717) is 31.4 Å². The minimum absolute atomic E-state index is 0. The quantitative estimate of drug-likeness (QED) is 0.386. The molecule has 1 aromatic rings. The first-order valence-electron chi connectivity index (χ1n) is 8.73. The van der Waals surface area contributed by atoms with Gasteiger partial charge in [-0.15, -0.1) is 24.0 Å². The Morgan fingerprint density at radius 3 is 2.60 bits per heavy atom. The summed E-state index contributed by atoms with van der Waals surface area (Å²) in [5.41, 5.74) is 1.52. The van der Waals surface area contributed by atoms with Crippen LogP contribution >= 0.6 is 24.0 Å². The Labute approximate surface area is 167 Å². The van der Waals surface area contributed by atoms with Crippen LogP contribution in [0.15, 0.2) is 23.2 Å². The molecule has 2 N–H and O–H groups in total. The number of halogens is 2. The number of nitrogens with zero attached hydrogens (tertiary/aromatic N) is 2. The Balaban J connectivity index is 0.00000312. The van der Waals surface area contributed by atoms with Crippen LogP contribution < -0.4 is 15.5 Å².